The van der Waals surface area contributed by atoms with E-state index < -0.39 is 12.1 Å². The Labute approximate surface area is 116 Å². The molecule has 0 radical (unpaired) electrons. The van der Waals surface area contributed by atoms with Gasteiger partial charge in [0.2, 0.25) is 0 Å². The van der Waals surface area contributed by atoms with Gasteiger partial charge in [-0.25, -0.2) is 9.59 Å². The number of likely N-dealkylation sites (tertiary alicyclic amines) is 1. The molecular weight excluding hydrogens is 262 g/mol. The summed E-state index contributed by atoms with van der Waals surface area (Å²) in [6, 6.07) is 1.32. The van der Waals surface area contributed by atoms with Gasteiger partial charge in [-0.1, -0.05) is 12.7 Å². The average Bonchev–Trinajstić information content (AvgIpc) is 2.94. The van der Waals surface area contributed by atoms with E-state index in [1.165, 1.54) is 23.0 Å². The number of rotatable bonds is 4. The lowest BCUT2D eigenvalue weighted by molar-refractivity contribution is 0.0669. The fourth-order valence-electron chi connectivity index (χ4n) is 2.32. The third kappa shape index (κ3) is 2.98. The second kappa shape index (κ2) is 6.23. The molecule has 20 heavy (non-hydrogen) atoms. The van der Waals surface area contributed by atoms with Gasteiger partial charge in [0, 0.05) is 19.3 Å². The largest absolute Gasteiger partial charge is 0.477 e. The first-order valence-electron chi connectivity index (χ1n) is 6.43. The Morgan fingerprint density at radius 2 is 2.40 bits per heavy atom. The maximum Gasteiger partial charge on any atom is 0.410 e. The number of amides is 1. The molecule has 1 saturated heterocycles. The molecule has 1 amide bonds. The average molecular weight is 279 g/mol. The SMILES string of the molecule is C=CCOC(=O)N1CCCC(n2nccc2C(=O)O)C1. The van der Waals surface area contributed by atoms with E-state index in [-0.39, 0.29) is 18.3 Å². The number of carboxylic acids is 1. The molecular formula is C13H17N3O4. The smallest absolute Gasteiger partial charge is 0.410 e. The summed E-state index contributed by atoms with van der Waals surface area (Å²) in [7, 11) is 0. The molecule has 108 valence electrons. The van der Waals surface area contributed by atoms with Gasteiger partial charge in [-0.3, -0.25) is 4.68 Å². The van der Waals surface area contributed by atoms with E-state index in [0.717, 1.165) is 12.8 Å². The maximum atomic E-state index is 11.8. The number of hydrogen-bond donors (Lipinski definition) is 1. The van der Waals surface area contributed by atoms with Gasteiger partial charge in [-0.05, 0) is 18.9 Å². The van der Waals surface area contributed by atoms with Crippen molar-refractivity contribution in [2.45, 2.75) is 18.9 Å². The number of ether oxygens (including phenoxy) is 1. The number of aromatic nitrogens is 2. The standard InChI is InChI=1S/C13H17N3O4/c1-2-8-20-13(19)15-7-3-4-10(9-15)16-11(12(17)18)5-6-14-16/h2,5-6,10H,1,3-4,7-9H2,(H,17,18). The van der Waals surface area contributed by atoms with E-state index in [1.54, 1.807) is 4.90 Å². The van der Waals surface area contributed by atoms with Crippen LogP contribution in [0.4, 0.5) is 4.79 Å². The summed E-state index contributed by atoms with van der Waals surface area (Å²) in [5.41, 5.74) is 0.135. The Hall–Kier alpha value is -2.31. The van der Waals surface area contributed by atoms with Crippen molar-refractivity contribution in [2.75, 3.05) is 19.7 Å². The summed E-state index contributed by atoms with van der Waals surface area (Å²) in [4.78, 5) is 24.5. The molecule has 1 aromatic heterocycles. The van der Waals surface area contributed by atoms with Gasteiger partial charge in [-0.15, -0.1) is 0 Å². The molecule has 1 aliphatic rings. The second-order valence-electron chi connectivity index (χ2n) is 4.57. The molecule has 1 atom stereocenters. The first kappa shape index (κ1) is 14.1. The van der Waals surface area contributed by atoms with Crippen LogP contribution in [0.3, 0.4) is 0 Å². The molecule has 0 spiro atoms. The van der Waals surface area contributed by atoms with Crippen molar-refractivity contribution in [1.29, 1.82) is 0 Å². The number of hydrogen-bond acceptors (Lipinski definition) is 4. The third-order valence-corrected chi connectivity index (χ3v) is 3.21. The van der Waals surface area contributed by atoms with Crippen molar-refractivity contribution in [3.05, 3.63) is 30.6 Å². The van der Waals surface area contributed by atoms with Gasteiger partial charge in [0.25, 0.3) is 0 Å². The predicted molar refractivity (Wildman–Crippen MR) is 70.6 cm³/mol. The summed E-state index contributed by atoms with van der Waals surface area (Å²) >= 11 is 0. The molecule has 2 heterocycles. The van der Waals surface area contributed by atoms with Crippen molar-refractivity contribution < 1.29 is 19.4 Å². The molecule has 2 rings (SSSR count). The summed E-state index contributed by atoms with van der Waals surface area (Å²) in [6.07, 6.45) is 4.13. The van der Waals surface area contributed by atoms with E-state index in [0.29, 0.717) is 13.1 Å². The first-order chi connectivity index (χ1) is 9.63. The Morgan fingerprint density at radius 3 is 3.10 bits per heavy atom. The van der Waals surface area contributed by atoms with Crippen LogP contribution in [-0.4, -0.2) is 51.5 Å². The maximum absolute atomic E-state index is 11.8. The van der Waals surface area contributed by atoms with Crippen LogP contribution >= 0.6 is 0 Å². The molecule has 7 nitrogen and oxygen atoms in total. The normalized spacial score (nSPS) is 18.6. The molecule has 7 heteroatoms. The minimum Gasteiger partial charge on any atom is -0.477 e. The minimum atomic E-state index is -1.02. The molecule has 0 bridgehead atoms. The van der Waals surface area contributed by atoms with Crippen molar-refractivity contribution in [1.82, 2.24) is 14.7 Å². The highest BCUT2D eigenvalue weighted by molar-refractivity contribution is 5.85. The summed E-state index contributed by atoms with van der Waals surface area (Å²) in [6.45, 7) is 4.67. The lowest BCUT2D eigenvalue weighted by Crippen LogP contribution is -2.41. The van der Waals surface area contributed by atoms with Crippen LogP contribution in [0.15, 0.2) is 24.9 Å². The van der Waals surface area contributed by atoms with Crippen molar-refractivity contribution in [3.8, 4) is 0 Å². The fraction of sp³-hybridized carbons (Fsp3) is 0.462. The zero-order valence-electron chi connectivity index (χ0n) is 11.1. The van der Waals surface area contributed by atoms with Gasteiger partial charge in [-0.2, -0.15) is 5.10 Å². The Morgan fingerprint density at radius 1 is 1.60 bits per heavy atom. The van der Waals surface area contributed by atoms with Gasteiger partial charge in [0.15, 0.2) is 0 Å². The minimum absolute atomic E-state index is 0.135. The Balaban J connectivity index is 2.06. The highest BCUT2D eigenvalue weighted by Crippen LogP contribution is 2.22. The summed E-state index contributed by atoms with van der Waals surface area (Å²) in [5, 5.41) is 13.2. The van der Waals surface area contributed by atoms with Crippen molar-refractivity contribution >= 4 is 12.1 Å². The molecule has 1 unspecified atom stereocenters. The van der Waals surface area contributed by atoms with Gasteiger partial charge in [0.1, 0.15) is 12.3 Å². The third-order valence-electron chi connectivity index (χ3n) is 3.21. The van der Waals surface area contributed by atoms with Crippen LogP contribution in [0, 0.1) is 0 Å². The highest BCUT2D eigenvalue weighted by Gasteiger charge is 2.28. The van der Waals surface area contributed by atoms with E-state index in [1.807, 2.05) is 0 Å². The van der Waals surface area contributed by atoms with Gasteiger partial charge < -0.3 is 14.7 Å². The van der Waals surface area contributed by atoms with Crippen LogP contribution in [0.5, 0.6) is 0 Å². The number of carbonyl (C=O) groups excluding carboxylic acids is 1. The zero-order chi connectivity index (χ0) is 14.5. The highest BCUT2D eigenvalue weighted by atomic mass is 16.6. The van der Waals surface area contributed by atoms with E-state index in [2.05, 4.69) is 11.7 Å². The quantitative estimate of drug-likeness (QED) is 0.845. The van der Waals surface area contributed by atoms with Crippen LogP contribution < -0.4 is 0 Å². The Bertz CT molecular complexity index is 511. The topological polar surface area (TPSA) is 84.7 Å². The number of carbonyl (C=O) groups is 2. The number of piperidine rings is 1. The summed E-state index contributed by atoms with van der Waals surface area (Å²) < 4.78 is 6.46. The van der Waals surface area contributed by atoms with Crippen molar-refractivity contribution in [2.24, 2.45) is 0 Å². The lowest BCUT2D eigenvalue weighted by Gasteiger charge is -2.32. The van der Waals surface area contributed by atoms with Crippen LogP contribution in [-0.2, 0) is 4.74 Å². The van der Waals surface area contributed by atoms with Crippen molar-refractivity contribution in [3.63, 3.8) is 0 Å². The number of carboxylic acid groups (broad SMARTS) is 1. The van der Waals surface area contributed by atoms with E-state index >= 15 is 0 Å². The van der Waals surface area contributed by atoms with Gasteiger partial charge in [0.05, 0.1) is 6.04 Å². The predicted octanol–water partition coefficient (Wildman–Crippen LogP) is 1.54. The molecule has 1 fully saturated rings. The zero-order valence-corrected chi connectivity index (χ0v) is 11.1. The molecule has 1 N–H and O–H groups in total. The summed E-state index contributed by atoms with van der Waals surface area (Å²) in [5.74, 6) is -1.02. The number of aromatic carboxylic acids is 1. The second-order valence-corrected chi connectivity index (χ2v) is 4.57. The molecule has 1 aliphatic heterocycles. The first-order valence-corrected chi connectivity index (χ1v) is 6.43. The van der Waals surface area contributed by atoms with Crippen LogP contribution in [0.2, 0.25) is 0 Å². The lowest BCUT2D eigenvalue weighted by atomic mass is 10.1. The molecule has 0 aromatic carbocycles. The molecule has 0 aliphatic carbocycles. The van der Waals surface area contributed by atoms with Gasteiger partial charge >= 0.3 is 12.1 Å². The number of nitrogens with zero attached hydrogens (tertiary/aromatic N) is 3. The van der Waals surface area contributed by atoms with Crippen LogP contribution in [0.1, 0.15) is 29.4 Å². The fourth-order valence-corrected chi connectivity index (χ4v) is 2.32. The Kier molecular flexibility index (Phi) is 4.39. The van der Waals surface area contributed by atoms with E-state index in [4.69, 9.17) is 9.84 Å². The van der Waals surface area contributed by atoms with E-state index in [9.17, 15) is 9.59 Å². The van der Waals surface area contributed by atoms with Crippen LogP contribution in [0.25, 0.3) is 0 Å². The molecule has 1 aromatic rings. The monoisotopic (exact) mass is 279 g/mol. The molecule has 0 saturated carbocycles.